The monoisotopic (exact) mass is 270 g/mol. The zero-order valence-electron chi connectivity index (χ0n) is 12.9. The number of rotatable bonds is 9. The van der Waals surface area contributed by atoms with Gasteiger partial charge in [-0.2, -0.15) is 0 Å². The number of unbranched alkanes of at least 4 members (excludes halogenated alkanes) is 2. The Morgan fingerprint density at radius 1 is 1.26 bits per heavy atom. The molecule has 0 bridgehead atoms. The second-order valence-corrected chi connectivity index (χ2v) is 5.87. The molecule has 112 valence electrons. The summed E-state index contributed by atoms with van der Waals surface area (Å²) in [7, 11) is 0. The maximum absolute atomic E-state index is 11.2. The van der Waals surface area contributed by atoms with Crippen LogP contribution in [0.15, 0.2) is 0 Å². The number of hydrogen-bond acceptors (Lipinski definition) is 3. The van der Waals surface area contributed by atoms with Crippen LogP contribution in [0.4, 0.5) is 0 Å². The number of ether oxygens (including phenoxy) is 2. The second kappa shape index (κ2) is 8.57. The number of carbonyl (C=O) groups excluding carboxylic acids is 1. The lowest BCUT2D eigenvalue weighted by atomic mass is 9.84. The minimum atomic E-state index is -0.0715. The van der Waals surface area contributed by atoms with Gasteiger partial charge in [0.05, 0.1) is 12.7 Å². The van der Waals surface area contributed by atoms with Crippen molar-refractivity contribution in [2.75, 3.05) is 13.2 Å². The third kappa shape index (κ3) is 5.52. The molecule has 0 radical (unpaired) electrons. The second-order valence-electron chi connectivity index (χ2n) is 5.87. The molecule has 1 aliphatic carbocycles. The highest BCUT2D eigenvalue weighted by molar-refractivity contribution is 5.69. The summed E-state index contributed by atoms with van der Waals surface area (Å²) in [6.07, 6.45) is 9.04. The van der Waals surface area contributed by atoms with Gasteiger partial charge < -0.3 is 9.47 Å². The molecule has 2 unspecified atom stereocenters. The van der Waals surface area contributed by atoms with Crippen molar-refractivity contribution in [2.45, 2.75) is 78.2 Å². The van der Waals surface area contributed by atoms with E-state index in [0.29, 0.717) is 24.5 Å². The van der Waals surface area contributed by atoms with Gasteiger partial charge in [0.1, 0.15) is 0 Å². The van der Waals surface area contributed by atoms with Crippen LogP contribution >= 0.6 is 0 Å². The quantitative estimate of drug-likeness (QED) is 0.467. The Labute approximate surface area is 118 Å². The standard InChI is InChI=1S/C16H30O3/c1-4-16(3)12-9-10-14(16)19-13-8-6-7-11-15(17)18-5-2/h14H,4-13H2,1-3H3. The third-order valence-corrected chi connectivity index (χ3v) is 4.45. The van der Waals surface area contributed by atoms with Crippen LogP contribution in [0.5, 0.6) is 0 Å². The SMILES string of the molecule is CCOC(=O)CCCCCOC1CCCC1(C)CC. The summed E-state index contributed by atoms with van der Waals surface area (Å²) < 4.78 is 10.9. The van der Waals surface area contributed by atoms with E-state index >= 15 is 0 Å². The molecule has 0 amide bonds. The van der Waals surface area contributed by atoms with Gasteiger partial charge in [-0.15, -0.1) is 0 Å². The van der Waals surface area contributed by atoms with Gasteiger partial charge in [0.2, 0.25) is 0 Å². The van der Waals surface area contributed by atoms with Gasteiger partial charge in [0.25, 0.3) is 0 Å². The number of carbonyl (C=O) groups is 1. The molecule has 0 N–H and O–H groups in total. The van der Waals surface area contributed by atoms with E-state index in [1.807, 2.05) is 6.92 Å². The molecule has 1 saturated carbocycles. The van der Waals surface area contributed by atoms with Crippen molar-refractivity contribution in [2.24, 2.45) is 5.41 Å². The Kier molecular flexibility index (Phi) is 7.44. The Balaban J connectivity index is 2.03. The normalized spacial score (nSPS) is 26.6. The highest BCUT2D eigenvalue weighted by atomic mass is 16.5. The summed E-state index contributed by atoms with van der Waals surface area (Å²) in [6, 6.07) is 0. The summed E-state index contributed by atoms with van der Waals surface area (Å²) in [6.45, 7) is 7.78. The topological polar surface area (TPSA) is 35.5 Å². The van der Waals surface area contributed by atoms with Gasteiger partial charge in [-0.05, 0) is 44.4 Å². The molecule has 0 saturated heterocycles. The Hall–Kier alpha value is -0.570. The first-order valence-electron chi connectivity index (χ1n) is 7.89. The van der Waals surface area contributed by atoms with Crippen LogP contribution in [0.3, 0.4) is 0 Å². The van der Waals surface area contributed by atoms with Gasteiger partial charge in [-0.1, -0.05) is 26.7 Å². The van der Waals surface area contributed by atoms with E-state index in [1.54, 1.807) is 0 Å². The Bertz CT molecular complexity index is 265. The van der Waals surface area contributed by atoms with Crippen molar-refractivity contribution in [3.8, 4) is 0 Å². The van der Waals surface area contributed by atoms with Gasteiger partial charge in [-0.25, -0.2) is 0 Å². The van der Waals surface area contributed by atoms with E-state index in [1.165, 1.54) is 25.7 Å². The van der Waals surface area contributed by atoms with Crippen molar-refractivity contribution in [1.82, 2.24) is 0 Å². The minimum Gasteiger partial charge on any atom is -0.466 e. The average Bonchev–Trinajstić information content (AvgIpc) is 2.76. The van der Waals surface area contributed by atoms with Crippen molar-refractivity contribution in [3.05, 3.63) is 0 Å². The van der Waals surface area contributed by atoms with Gasteiger partial charge in [-0.3, -0.25) is 4.79 Å². The average molecular weight is 270 g/mol. The van der Waals surface area contributed by atoms with Gasteiger partial charge in [0, 0.05) is 13.0 Å². The molecule has 0 aromatic rings. The smallest absolute Gasteiger partial charge is 0.305 e. The molecule has 3 heteroatoms. The van der Waals surface area contributed by atoms with Crippen LogP contribution in [-0.4, -0.2) is 25.3 Å². The van der Waals surface area contributed by atoms with E-state index in [-0.39, 0.29) is 5.97 Å². The lowest BCUT2D eigenvalue weighted by molar-refractivity contribution is -0.143. The van der Waals surface area contributed by atoms with E-state index in [4.69, 9.17) is 9.47 Å². The van der Waals surface area contributed by atoms with Crippen molar-refractivity contribution < 1.29 is 14.3 Å². The van der Waals surface area contributed by atoms with Crippen LogP contribution < -0.4 is 0 Å². The summed E-state index contributed by atoms with van der Waals surface area (Å²) in [5.41, 5.74) is 0.394. The van der Waals surface area contributed by atoms with Crippen LogP contribution in [0.25, 0.3) is 0 Å². The molecule has 1 aliphatic rings. The highest BCUT2D eigenvalue weighted by Crippen LogP contribution is 2.42. The van der Waals surface area contributed by atoms with Crippen LogP contribution in [0.1, 0.15) is 72.1 Å². The van der Waals surface area contributed by atoms with E-state index in [9.17, 15) is 4.79 Å². The van der Waals surface area contributed by atoms with Gasteiger partial charge in [0.15, 0.2) is 0 Å². The predicted molar refractivity (Wildman–Crippen MR) is 77.1 cm³/mol. The number of hydrogen-bond donors (Lipinski definition) is 0. The fourth-order valence-electron chi connectivity index (χ4n) is 2.90. The third-order valence-electron chi connectivity index (χ3n) is 4.45. The molecule has 0 aliphatic heterocycles. The largest absolute Gasteiger partial charge is 0.466 e. The van der Waals surface area contributed by atoms with E-state index in [2.05, 4.69) is 13.8 Å². The summed E-state index contributed by atoms with van der Waals surface area (Å²) in [5.74, 6) is -0.0715. The van der Waals surface area contributed by atoms with Crippen LogP contribution in [0.2, 0.25) is 0 Å². The van der Waals surface area contributed by atoms with Crippen molar-refractivity contribution in [3.63, 3.8) is 0 Å². The molecule has 3 nitrogen and oxygen atoms in total. The van der Waals surface area contributed by atoms with Crippen LogP contribution in [-0.2, 0) is 14.3 Å². The zero-order valence-corrected chi connectivity index (χ0v) is 12.9. The first kappa shape index (κ1) is 16.5. The maximum Gasteiger partial charge on any atom is 0.305 e. The minimum absolute atomic E-state index is 0.0715. The molecule has 0 aromatic heterocycles. The first-order chi connectivity index (χ1) is 9.12. The van der Waals surface area contributed by atoms with E-state index in [0.717, 1.165) is 25.9 Å². The summed E-state index contributed by atoms with van der Waals surface area (Å²) in [5, 5.41) is 0. The molecular weight excluding hydrogens is 240 g/mol. The highest BCUT2D eigenvalue weighted by Gasteiger charge is 2.37. The lowest BCUT2D eigenvalue weighted by Gasteiger charge is -2.30. The molecule has 19 heavy (non-hydrogen) atoms. The van der Waals surface area contributed by atoms with Gasteiger partial charge >= 0.3 is 5.97 Å². The molecule has 0 heterocycles. The lowest BCUT2D eigenvalue weighted by Crippen LogP contribution is -2.28. The number of esters is 1. The summed E-state index contributed by atoms with van der Waals surface area (Å²) >= 11 is 0. The van der Waals surface area contributed by atoms with Crippen molar-refractivity contribution >= 4 is 5.97 Å². The molecule has 0 spiro atoms. The molecule has 0 aromatic carbocycles. The maximum atomic E-state index is 11.2. The molecule has 2 atom stereocenters. The molecular formula is C16H30O3. The molecule has 1 rings (SSSR count). The van der Waals surface area contributed by atoms with Crippen LogP contribution in [0, 0.1) is 5.41 Å². The Morgan fingerprint density at radius 3 is 2.74 bits per heavy atom. The Morgan fingerprint density at radius 2 is 2.05 bits per heavy atom. The summed E-state index contributed by atoms with van der Waals surface area (Å²) in [4.78, 5) is 11.2. The van der Waals surface area contributed by atoms with Crippen molar-refractivity contribution in [1.29, 1.82) is 0 Å². The fourth-order valence-corrected chi connectivity index (χ4v) is 2.90. The molecule has 1 fully saturated rings. The van der Waals surface area contributed by atoms with E-state index < -0.39 is 0 Å². The first-order valence-corrected chi connectivity index (χ1v) is 7.89. The zero-order chi connectivity index (χ0) is 14.1. The fraction of sp³-hybridized carbons (Fsp3) is 0.938. The predicted octanol–water partition coefficient (Wildman–Crippen LogP) is 4.10.